The van der Waals surface area contributed by atoms with Crippen LogP contribution in [0.4, 0.5) is 21.8 Å². The van der Waals surface area contributed by atoms with Crippen molar-refractivity contribution in [1.82, 2.24) is 15.0 Å². The van der Waals surface area contributed by atoms with Gasteiger partial charge >= 0.3 is 0 Å². The van der Waals surface area contributed by atoms with Gasteiger partial charge in [0.1, 0.15) is 11.5 Å². The zero-order valence-corrected chi connectivity index (χ0v) is 18.0. The summed E-state index contributed by atoms with van der Waals surface area (Å²) in [6, 6.07) is 10.6. The highest BCUT2D eigenvalue weighted by Crippen LogP contribution is 2.32. The van der Waals surface area contributed by atoms with Crippen molar-refractivity contribution in [2.75, 3.05) is 36.0 Å². The van der Waals surface area contributed by atoms with Crippen molar-refractivity contribution in [2.45, 2.75) is 0 Å². The Kier molecular flexibility index (Phi) is 6.82. The molecule has 3 aromatic rings. The van der Waals surface area contributed by atoms with E-state index in [0.29, 0.717) is 49.3 Å². The number of nitrogens with one attached hydrogen (secondary N) is 1. The molecule has 0 amide bonds. The minimum atomic E-state index is -0.210. The van der Waals surface area contributed by atoms with Crippen LogP contribution in [-0.2, 0) is 0 Å². The molecule has 0 aliphatic carbocycles. The molecule has 10 heteroatoms. The molecular formula is C21H21Cl2FN6O. The number of imidazole rings is 1. The van der Waals surface area contributed by atoms with Crippen molar-refractivity contribution in [3.8, 4) is 5.88 Å². The van der Waals surface area contributed by atoms with E-state index in [0.717, 1.165) is 11.1 Å². The van der Waals surface area contributed by atoms with Crippen molar-refractivity contribution >= 4 is 60.1 Å². The smallest absolute Gasteiger partial charge is 0.238 e. The Hall–Kier alpha value is -3.10. The number of allylic oxidation sites excluding steroid dienone is 1. The van der Waals surface area contributed by atoms with Gasteiger partial charge in [-0.25, -0.2) is 14.4 Å². The zero-order valence-electron chi connectivity index (χ0n) is 16.4. The number of hydrogen-bond acceptors (Lipinski definition) is 6. The van der Waals surface area contributed by atoms with E-state index >= 15 is 0 Å². The molecule has 1 saturated heterocycles. The zero-order chi connectivity index (χ0) is 19.8. The van der Waals surface area contributed by atoms with E-state index < -0.39 is 0 Å². The molecule has 2 aromatic heterocycles. The van der Waals surface area contributed by atoms with Gasteiger partial charge in [-0.2, -0.15) is 4.98 Å². The maximum atomic E-state index is 14.0. The highest BCUT2D eigenvalue weighted by Gasteiger charge is 2.23. The molecule has 1 fully saturated rings. The van der Waals surface area contributed by atoms with Crippen LogP contribution in [0.5, 0.6) is 5.88 Å². The highest BCUT2D eigenvalue weighted by molar-refractivity contribution is 6.20. The number of aliphatic imine (C=N–C) groups is 1. The molecule has 4 heterocycles. The van der Waals surface area contributed by atoms with Crippen LogP contribution >= 0.6 is 24.8 Å². The molecule has 2 N–H and O–H groups in total. The first kappa shape index (κ1) is 22.6. The predicted octanol–water partition coefficient (Wildman–Crippen LogP) is 4.08. The second-order valence-corrected chi connectivity index (χ2v) is 6.96. The summed E-state index contributed by atoms with van der Waals surface area (Å²) in [5, 5.41) is 10.3. The van der Waals surface area contributed by atoms with Crippen LogP contribution in [0.1, 0.15) is 11.3 Å². The SMILES string of the molecule is Cl.Cl.Oc1nc(N2CCN(c3ccccc3F)CC2)[nH]c1/C=C1\C=Nc2ncccc21. The summed E-state index contributed by atoms with van der Waals surface area (Å²) in [4.78, 5) is 20.0. The number of para-hydroxylation sites is 1. The summed E-state index contributed by atoms with van der Waals surface area (Å²) < 4.78 is 14.0. The fourth-order valence-electron chi connectivity index (χ4n) is 3.68. The summed E-state index contributed by atoms with van der Waals surface area (Å²) in [6.07, 6.45) is 5.25. The number of nitrogens with zero attached hydrogens (tertiary/aromatic N) is 5. The van der Waals surface area contributed by atoms with Crippen LogP contribution in [0.15, 0.2) is 47.6 Å². The number of benzene rings is 1. The minimum absolute atomic E-state index is 0. The molecule has 7 nitrogen and oxygen atoms in total. The third-order valence-electron chi connectivity index (χ3n) is 5.19. The molecule has 2 aliphatic heterocycles. The lowest BCUT2D eigenvalue weighted by molar-refractivity contribution is 0.455. The van der Waals surface area contributed by atoms with Crippen LogP contribution in [0.2, 0.25) is 0 Å². The van der Waals surface area contributed by atoms with Gasteiger partial charge in [-0.15, -0.1) is 24.8 Å². The first-order valence-corrected chi connectivity index (χ1v) is 9.43. The number of aromatic amines is 1. The number of aromatic hydroxyl groups is 1. The summed E-state index contributed by atoms with van der Waals surface area (Å²) in [5.74, 6) is 0.999. The van der Waals surface area contributed by atoms with Crippen LogP contribution in [-0.4, -0.2) is 52.5 Å². The lowest BCUT2D eigenvalue weighted by Crippen LogP contribution is -2.47. The molecule has 162 valence electrons. The Morgan fingerprint density at radius 1 is 1.00 bits per heavy atom. The van der Waals surface area contributed by atoms with Crippen molar-refractivity contribution in [3.05, 3.63) is 59.7 Å². The lowest BCUT2D eigenvalue weighted by atomic mass is 10.1. The molecule has 2 aliphatic rings. The van der Waals surface area contributed by atoms with Gasteiger partial charge < -0.3 is 19.9 Å². The van der Waals surface area contributed by atoms with Gasteiger partial charge in [0, 0.05) is 49.7 Å². The first-order chi connectivity index (χ1) is 14.2. The van der Waals surface area contributed by atoms with Crippen molar-refractivity contribution in [3.63, 3.8) is 0 Å². The number of H-pyrrole nitrogens is 1. The van der Waals surface area contributed by atoms with Crippen LogP contribution < -0.4 is 9.80 Å². The molecule has 0 bridgehead atoms. The standard InChI is InChI=1S/C21H19FN6O.2ClH/c22-16-5-1-2-6-18(16)27-8-10-28(11-9-27)21-25-17(20(29)26-21)12-14-13-24-19-15(14)4-3-7-23-19;;/h1-7,12-13,29H,8-11H2,(H,25,26);2*1H/b14-12+;;. The highest BCUT2D eigenvalue weighted by atomic mass is 35.5. The molecule has 1 aromatic carbocycles. The Labute approximate surface area is 191 Å². The van der Waals surface area contributed by atoms with E-state index in [-0.39, 0.29) is 36.5 Å². The minimum Gasteiger partial charge on any atom is -0.492 e. The number of piperazine rings is 1. The fraction of sp³-hybridized carbons (Fsp3) is 0.190. The lowest BCUT2D eigenvalue weighted by Gasteiger charge is -2.36. The van der Waals surface area contributed by atoms with Gasteiger partial charge in [0.15, 0.2) is 5.82 Å². The van der Waals surface area contributed by atoms with E-state index in [4.69, 9.17) is 0 Å². The average molecular weight is 463 g/mol. The molecule has 0 unspecified atom stereocenters. The van der Waals surface area contributed by atoms with Crippen LogP contribution in [0, 0.1) is 5.82 Å². The largest absolute Gasteiger partial charge is 0.492 e. The summed E-state index contributed by atoms with van der Waals surface area (Å²) in [7, 11) is 0. The topological polar surface area (TPSA) is 80.6 Å². The molecule has 5 rings (SSSR count). The number of pyridine rings is 1. The van der Waals surface area contributed by atoms with Crippen molar-refractivity contribution in [2.24, 2.45) is 4.99 Å². The first-order valence-electron chi connectivity index (χ1n) is 9.43. The monoisotopic (exact) mass is 462 g/mol. The van der Waals surface area contributed by atoms with Gasteiger partial charge in [0.25, 0.3) is 0 Å². The number of aromatic nitrogens is 3. The van der Waals surface area contributed by atoms with Gasteiger partial charge in [-0.05, 0) is 30.3 Å². The number of fused-ring (bicyclic) bond motifs is 1. The Bertz CT molecular complexity index is 1120. The normalized spacial score (nSPS) is 16.1. The van der Waals surface area contributed by atoms with Gasteiger partial charge in [0.05, 0.1) is 5.69 Å². The van der Waals surface area contributed by atoms with Gasteiger partial charge in [-0.3, -0.25) is 0 Å². The van der Waals surface area contributed by atoms with Crippen molar-refractivity contribution < 1.29 is 9.50 Å². The number of anilines is 2. The second-order valence-electron chi connectivity index (χ2n) is 6.96. The summed E-state index contributed by atoms with van der Waals surface area (Å²) >= 11 is 0. The molecule has 0 spiro atoms. The van der Waals surface area contributed by atoms with E-state index in [1.807, 2.05) is 29.2 Å². The number of rotatable bonds is 3. The van der Waals surface area contributed by atoms with E-state index in [1.54, 1.807) is 24.5 Å². The molecule has 0 radical (unpaired) electrons. The number of halogens is 3. The Balaban J connectivity index is 0.00000136. The fourth-order valence-corrected chi connectivity index (χ4v) is 3.68. The Morgan fingerprint density at radius 2 is 1.74 bits per heavy atom. The third kappa shape index (κ3) is 4.35. The number of hydrogen-bond donors (Lipinski definition) is 2. The van der Waals surface area contributed by atoms with Gasteiger partial charge in [-0.1, -0.05) is 12.1 Å². The van der Waals surface area contributed by atoms with E-state index in [2.05, 4.69) is 24.8 Å². The molecular weight excluding hydrogens is 442 g/mol. The maximum absolute atomic E-state index is 14.0. The molecule has 0 atom stereocenters. The predicted molar refractivity (Wildman–Crippen MR) is 126 cm³/mol. The average Bonchev–Trinajstić information content (AvgIpc) is 3.33. The Morgan fingerprint density at radius 3 is 2.52 bits per heavy atom. The van der Waals surface area contributed by atoms with Gasteiger partial charge in [0.2, 0.25) is 11.8 Å². The maximum Gasteiger partial charge on any atom is 0.238 e. The molecule has 31 heavy (non-hydrogen) atoms. The quantitative estimate of drug-likeness (QED) is 0.612. The molecule has 0 saturated carbocycles. The van der Waals surface area contributed by atoms with Crippen LogP contribution in [0.25, 0.3) is 11.6 Å². The second kappa shape index (κ2) is 9.36. The van der Waals surface area contributed by atoms with E-state index in [9.17, 15) is 9.50 Å². The van der Waals surface area contributed by atoms with E-state index in [1.165, 1.54) is 6.07 Å². The van der Waals surface area contributed by atoms with Crippen molar-refractivity contribution in [1.29, 1.82) is 0 Å². The third-order valence-corrected chi connectivity index (χ3v) is 5.19. The van der Waals surface area contributed by atoms with Crippen LogP contribution in [0.3, 0.4) is 0 Å². The summed E-state index contributed by atoms with van der Waals surface area (Å²) in [5.41, 5.74) is 2.92. The summed E-state index contributed by atoms with van der Waals surface area (Å²) in [6.45, 7) is 2.69.